The highest BCUT2D eigenvalue weighted by Crippen LogP contribution is 2.36. The van der Waals surface area contributed by atoms with Gasteiger partial charge in [-0.15, -0.1) is 0 Å². The first-order chi connectivity index (χ1) is 15.4. The molecule has 2 aliphatic rings. The van der Waals surface area contributed by atoms with E-state index in [0.717, 1.165) is 17.7 Å². The summed E-state index contributed by atoms with van der Waals surface area (Å²) in [6.07, 6.45) is 1.42. The van der Waals surface area contributed by atoms with Gasteiger partial charge in [-0.2, -0.15) is 0 Å². The van der Waals surface area contributed by atoms with Gasteiger partial charge in [0.2, 0.25) is 5.91 Å². The Morgan fingerprint density at radius 2 is 1.97 bits per heavy atom. The molecular formula is C24H25ClN4O2S. The van der Waals surface area contributed by atoms with Crippen molar-refractivity contribution in [3.05, 3.63) is 59.1 Å². The van der Waals surface area contributed by atoms with Crippen molar-refractivity contribution in [2.45, 2.75) is 44.9 Å². The molecule has 0 aliphatic carbocycles. The number of aliphatic imine (C=N–C) groups is 2. The molecule has 0 saturated carbocycles. The van der Waals surface area contributed by atoms with E-state index in [1.165, 1.54) is 11.8 Å². The first kappa shape index (κ1) is 22.6. The van der Waals surface area contributed by atoms with Gasteiger partial charge in [-0.05, 0) is 42.7 Å². The van der Waals surface area contributed by atoms with Gasteiger partial charge in [0.15, 0.2) is 5.17 Å². The van der Waals surface area contributed by atoms with E-state index >= 15 is 0 Å². The number of thioether (sulfide) groups is 1. The molecule has 0 unspecified atom stereocenters. The van der Waals surface area contributed by atoms with Gasteiger partial charge in [-0.25, -0.2) is 9.89 Å². The fraction of sp³-hybridized carbons (Fsp3) is 0.333. The van der Waals surface area contributed by atoms with Crippen LogP contribution in [0.2, 0.25) is 5.02 Å². The summed E-state index contributed by atoms with van der Waals surface area (Å²) in [4.78, 5) is 37.5. The second-order valence-electron chi connectivity index (χ2n) is 7.88. The highest BCUT2D eigenvalue weighted by Gasteiger charge is 2.43. The first-order valence-corrected chi connectivity index (χ1v) is 12.0. The molecule has 2 amide bonds. The molecule has 8 heteroatoms. The third kappa shape index (κ3) is 4.32. The second-order valence-corrected chi connectivity index (χ2v) is 9.49. The second kappa shape index (κ2) is 9.46. The molecule has 2 aliphatic heterocycles. The number of fused-ring (bicyclic) bond motifs is 3. The van der Waals surface area contributed by atoms with Gasteiger partial charge < -0.3 is 5.32 Å². The van der Waals surface area contributed by atoms with Crippen LogP contribution in [0, 0.1) is 5.92 Å². The number of amidine groups is 2. The molecule has 0 aromatic heterocycles. The number of anilines is 1. The van der Waals surface area contributed by atoms with Crippen molar-refractivity contribution in [3.8, 4) is 0 Å². The standard InChI is InChI=1S/C24H25ClN4O2S/c1-4-14(3)20-23(31)29-21(28-20)17-11-6-7-12-18(17)27-24(29)32-19(5-2)22(30)26-16-10-8-9-15(25)13-16/h6-14,19-20H,4-5H2,1-3H3,(H,26,30)/t14-,19-,20-/m0/s1. The molecule has 0 bridgehead atoms. The van der Waals surface area contributed by atoms with Gasteiger partial charge in [-0.1, -0.05) is 68.8 Å². The lowest BCUT2D eigenvalue weighted by atomic mass is 10.00. The Morgan fingerprint density at radius 3 is 2.69 bits per heavy atom. The number of halogens is 1. The Morgan fingerprint density at radius 1 is 1.19 bits per heavy atom. The summed E-state index contributed by atoms with van der Waals surface area (Å²) >= 11 is 7.33. The van der Waals surface area contributed by atoms with Gasteiger partial charge in [0, 0.05) is 16.3 Å². The number of carbonyl (C=O) groups is 2. The zero-order valence-corrected chi connectivity index (χ0v) is 19.8. The van der Waals surface area contributed by atoms with Crippen LogP contribution in [0.1, 0.15) is 39.2 Å². The molecular weight excluding hydrogens is 444 g/mol. The summed E-state index contributed by atoms with van der Waals surface area (Å²) in [5.74, 6) is 0.496. The fourth-order valence-corrected chi connectivity index (χ4v) is 4.89. The lowest BCUT2D eigenvalue weighted by Gasteiger charge is -2.27. The Hall–Kier alpha value is -2.64. The van der Waals surface area contributed by atoms with Gasteiger partial charge in [-0.3, -0.25) is 14.6 Å². The van der Waals surface area contributed by atoms with Crippen molar-refractivity contribution in [2.75, 3.05) is 5.32 Å². The molecule has 0 radical (unpaired) electrons. The SMILES string of the molecule is CC[C@H](SC1=Nc2ccccc2C2=N[C@@H]([C@@H](C)CC)C(=O)N12)C(=O)Nc1cccc(Cl)c1. The number of carbonyl (C=O) groups excluding carboxylic acids is 2. The fourth-order valence-electron chi connectivity index (χ4n) is 3.68. The van der Waals surface area contributed by atoms with Crippen molar-refractivity contribution in [1.29, 1.82) is 0 Å². The minimum absolute atomic E-state index is 0.0831. The normalized spacial score (nSPS) is 18.9. The number of para-hydroxylation sites is 1. The molecule has 0 saturated heterocycles. The third-order valence-corrected chi connectivity index (χ3v) is 7.24. The summed E-state index contributed by atoms with van der Waals surface area (Å²) in [5.41, 5.74) is 2.23. The monoisotopic (exact) mass is 468 g/mol. The summed E-state index contributed by atoms with van der Waals surface area (Å²) in [6, 6.07) is 14.3. The smallest absolute Gasteiger partial charge is 0.259 e. The Labute approximate surface area is 197 Å². The van der Waals surface area contributed by atoms with Crippen molar-refractivity contribution in [1.82, 2.24) is 4.90 Å². The van der Waals surface area contributed by atoms with E-state index in [4.69, 9.17) is 21.6 Å². The van der Waals surface area contributed by atoms with Crippen molar-refractivity contribution < 1.29 is 9.59 Å². The third-order valence-electron chi connectivity index (χ3n) is 5.68. The van der Waals surface area contributed by atoms with Crippen molar-refractivity contribution in [2.24, 2.45) is 15.9 Å². The minimum Gasteiger partial charge on any atom is -0.325 e. The lowest BCUT2D eigenvalue weighted by molar-refractivity contribution is -0.125. The van der Waals surface area contributed by atoms with Crippen LogP contribution in [0.4, 0.5) is 11.4 Å². The molecule has 166 valence electrons. The Balaban J connectivity index is 1.63. The van der Waals surface area contributed by atoms with Crippen LogP contribution in [0.15, 0.2) is 58.5 Å². The number of amides is 2. The maximum atomic E-state index is 13.3. The number of rotatable bonds is 6. The highest BCUT2D eigenvalue weighted by molar-refractivity contribution is 8.15. The largest absolute Gasteiger partial charge is 0.325 e. The highest BCUT2D eigenvalue weighted by atomic mass is 35.5. The molecule has 1 N–H and O–H groups in total. The zero-order valence-electron chi connectivity index (χ0n) is 18.2. The molecule has 4 rings (SSSR count). The van der Waals surface area contributed by atoms with Crippen LogP contribution in [-0.4, -0.2) is 39.0 Å². The number of benzene rings is 2. The number of hydrogen-bond acceptors (Lipinski definition) is 5. The first-order valence-electron chi connectivity index (χ1n) is 10.8. The van der Waals surface area contributed by atoms with Crippen LogP contribution < -0.4 is 5.32 Å². The van der Waals surface area contributed by atoms with Gasteiger partial charge in [0.05, 0.1) is 10.9 Å². The molecule has 0 fully saturated rings. The lowest BCUT2D eigenvalue weighted by Crippen LogP contribution is -2.43. The maximum Gasteiger partial charge on any atom is 0.259 e. The van der Waals surface area contributed by atoms with E-state index in [0.29, 0.717) is 28.1 Å². The molecule has 32 heavy (non-hydrogen) atoms. The van der Waals surface area contributed by atoms with Crippen LogP contribution in [0.5, 0.6) is 0 Å². The summed E-state index contributed by atoms with van der Waals surface area (Å²) in [7, 11) is 0. The molecule has 0 spiro atoms. The number of hydrogen-bond donors (Lipinski definition) is 1. The molecule has 2 aromatic carbocycles. The predicted molar refractivity (Wildman–Crippen MR) is 132 cm³/mol. The van der Waals surface area contributed by atoms with Gasteiger partial charge in [0.25, 0.3) is 5.91 Å². The maximum absolute atomic E-state index is 13.3. The van der Waals surface area contributed by atoms with E-state index in [1.54, 1.807) is 29.2 Å². The molecule has 2 aromatic rings. The summed E-state index contributed by atoms with van der Waals surface area (Å²) < 4.78 is 0. The van der Waals surface area contributed by atoms with E-state index in [9.17, 15) is 9.59 Å². The molecule has 3 atom stereocenters. The van der Waals surface area contributed by atoms with Crippen molar-refractivity contribution in [3.63, 3.8) is 0 Å². The van der Waals surface area contributed by atoms with Crippen LogP contribution in [0.3, 0.4) is 0 Å². The summed E-state index contributed by atoms with van der Waals surface area (Å²) in [5, 5.41) is 3.53. The van der Waals surface area contributed by atoms with Crippen molar-refractivity contribution >= 4 is 57.6 Å². The zero-order chi connectivity index (χ0) is 22.8. The van der Waals surface area contributed by atoms with Gasteiger partial charge >= 0.3 is 0 Å². The van der Waals surface area contributed by atoms with Gasteiger partial charge in [0.1, 0.15) is 11.9 Å². The molecule has 2 heterocycles. The number of nitrogens with one attached hydrogen (secondary N) is 1. The summed E-state index contributed by atoms with van der Waals surface area (Å²) in [6.45, 7) is 6.03. The molecule has 6 nitrogen and oxygen atoms in total. The minimum atomic E-state index is -0.438. The number of nitrogens with zero attached hydrogens (tertiary/aromatic N) is 3. The Kier molecular flexibility index (Phi) is 6.67. The average Bonchev–Trinajstić information content (AvgIpc) is 3.14. The predicted octanol–water partition coefficient (Wildman–Crippen LogP) is 5.50. The van der Waals surface area contributed by atoms with E-state index in [1.807, 2.05) is 38.1 Å². The van der Waals surface area contributed by atoms with E-state index < -0.39 is 11.3 Å². The van der Waals surface area contributed by atoms with E-state index in [2.05, 4.69) is 12.2 Å². The Bertz CT molecular complexity index is 1120. The average molecular weight is 469 g/mol. The topological polar surface area (TPSA) is 74.1 Å². The van der Waals surface area contributed by atoms with Crippen LogP contribution in [0.25, 0.3) is 0 Å². The van der Waals surface area contributed by atoms with E-state index in [-0.39, 0.29) is 17.7 Å². The quantitative estimate of drug-likeness (QED) is 0.608. The van der Waals surface area contributed by atoms with Crippen LogP contribution >= 0.6 is 23.4 Å². The van der Waals surface area contributed by atoms with Crippen LogP contribution in [-0.2, 0) is 9.59 Å².